The molecule has 4 nitrogen and oxygen atoms in total. The molecule has 0 spiro atoms. The zero-order valence-corrected chi connectivity index (χ0v) is 21.1. The summed E-state index contributed by atoms with van der Waals surface area (Å²) in [4.78, 5) is 4.51. The fourth-order valence-corrected chi connectivity index (χ4v) is 5.61. The highest BCUT2D eigenvalue weighted by molar-refractivity contribution is 8.00. The van der Waals surface area contributed by atoms with Crippen molar-refractivity contribution in [3.05, 3.63) is 75.5 Å². The van der Waals surface area contributed by atoms with Crippen molar-refractivity contribution in [3.63, 3.8) is 0 Å². The molecule has 0 fully saturated rings. The van der Waals surface area contributed by atoms with Crippen molar-refractivity contribution >= 4 is 57.2 Å². The van der Waals surface area contributed by atoms with Gasteiger partial charge in [-0.25, -0.2) is 9.37 Å². The summed E-state index contributed by atoms with van der Waals surface area (Å²) in [6, 6.07) is 11.0. The van der Waals surface area contributed by atoms with Crippen molar-refractivity contribution in [3.8, 4) is 5.75 Å². The molecule has 33 heavy (non-hydrogen) atoms. The molecule has 2 atom stereocenters. The van der Waals surface area contributed by atoms with Crippen molar-refractivity contribution in [2.24, 2.45) is 5.92 Å². The third kappa shape index (κ3) is 6.22. The monoisotopic (exact) mass is 523 g/mol. The fourth-order valence-electron chi connectivity index (χ4n) is 3.93. The highest BCUT2D eigenvalue weighted by atomic mass is 35.5. The molecule has 1 aliphatic rings. The van der Waals surface area contributed by atoms with Gasteiger partial charge in [-0.3, -0.25) is 0 Å². The standard InChI is InChI=1S/C24H24Cl2FN3OS2/c1-2-28-21-5-3-4-17(15-6-8-16(25)9-7-15)18(21)14-31-22-13-20(27)23(12-19(22)26)33-30-24-29-10-11-32-24/h4,6-13,18,21,28H,2-3,5,14H2,1H3,(H,29,30). The quantitative estimate of drug-likeness (QED) is 0.283. The molecule has 1 aliphatic carbocycles. The van der Waals surface area contributed by atoms with E-state index in [4.69, 9.17) is 27.9 Å². The number of benzene rings is 2. The molecule has 0 saturated carbocycles. The van der Waals surface area contributed by atoms with Crippen LogP contribution >= 0.6 is 46.5 Å². The molecule has 174 valence electrons. The minimum Gasteiger partial charge on any atom is -0.491 e. The first-order valence-electron chi connectivity index (χ1n) is 10.7. The molecule has 1 heterocycles. The Morgan fingerprint density at radius 1 is 1.24 bits per heavy atom. The Morgan fingerprint density at radius 2 is 2.06 bits per heavy atom. The first-order chi connectivity index (χ1) is 16.0. The molecule has 1 aromatic heterocycles. The van der Waals surface area contributed by atoms with Gasteiger partial charge in [0.05, 0.1) is 16.5 Å². The molecule has 2 aromatic carbocycles. The van der Waals surface area contributed by atoms with Crippen LogP contribution in [0.2, 0.25) is 10.0 Å². The second kappa shape index (κ2) is 11.6. The molecular formula is C24H24Cl2FN3OS2. The number of rotatable bonds is 9. The van der Waals surface area contributed by atoms with Gasteiger partial charge in [0.25, 0.3) is 0 Å². The Labute approximate surface area is 211 Å². The van der Waals surface area contributed by atoms with E-state index in [9.17, 15) is 4.39 Å². The summed E-state index contributed by atoms with van der Waals surface area (Å²) in [6.07, 6.45) is 5.95. The number of ether oxygens (including phenoxy) is 1. The lowest BCUT2D eigenvalue weighted by atomic mass is 9.80. The summed E-state index contributed by atoms with van der Waals surface area (Å²) in [6.45, 7) is 3.35. The second-order valence-electron chi connectivity index (χ2n) is 7.58. The van der Waals surface area contributed by atoms with E-state index in [1.807, 2.05) is 29.6 Å². The number of hydrogen-bond acceptors (Lipinski definition) is 6. The zero-order valence-electron chi connectivity index (χ0n) is 18.0. The van der Waals surface area contributed by atoms with E-state index in [2.05, 4.69) is 28.0 Å². The summed E-state index contributed by atoms with van der Waals surface area (Å²) in [5.74, 6) is 0.0347. The van der Waals surface area contributed by atoms with Crippen LogP contribution < -0.4 is 14.8 Å². The average Bonchev–Trinajstić information content (AvgIpc) is 3.33. The van der Waals surface area contributed by atoms with Crippen molar-refractivity contribution in [2.45, 2.75) is 30.7 Å². The van der Waals surface area contributed by atoms with Gasteiger partial charge in [0.2, 0.25) is 0 Å². The Bertz CT molecular complexity index is 1090. The molecule has 3 aromatic rings. The summed E-state index contributed by atoms with van der Waals surface area (Å²) in [5, 5.41) is 7.20. The third-order valence-corrected chi connectivity index (χ3v) is 7.65. The van der Waals surface area contributed by atoms with Crippen molar-refractivity contribution in [1.29, 1.82) is 0 Å². The van der Waals surface area contributed by atoms with E-state index in [1.54, 1.807) is 12.3 Å². The highest BCUT2D eigenvalue weighted by Gasteiger charge is 2.29. The van der Waals surface area contributed by atoms with E-state index < -0.39 is 5.82 Å². The minimum atomic E-state index is -0.399. The second-order valence-corrected chi connectivity index (χ2v) is 10.2. The van der Waals surface area contributed by atoms with Crippen LogP contribution in [0, 0.1) is 11.7 Å². The fraction of sp³-hybridized carbons (Fsp3) is 0.292. The van der Waals surface area contributed by atoms with Crippen LogP contribution in [0.25, 0.3) is 5.57 Å². The first kappa shape index (κ1) is 24.4. The van der Waals surface area contributed by atoms with Crippen LogP contribution in [-0.2, 0) is 0 Å². The maximum atomic E-state index is 14.7. The first-order valence-corrected chi connectivity index (χ1v) is 13.1. The van der Waals surface area contributed by atoms with Crippen LogP contribution in [0.1, 0.15) is 25.3 Å². The molecule has 2 N–H and O–H groups in total. The van der Waals surface area contributed by atoms with E-state index in [1.165, 1.54) is 23.0 Å². The van der Waals surface area contributed by atoms with E-state index in [-0.39, 0.29) is 12.0 Å². The van der Waals surface area contributed by atoms with Crippen LogP contribution in [-0.4, -0.2) is 24.2 Å². The number of allylic oxidation sites excluding steroid dienone is 1. The van der Waals surface area contributed by atoms with Crippen LogP contribution in [0.3, 0.4) is 0 Å². The van der Waals surface area contributed by atoms with Crippen LogP contribution in [0.4, 0.5) is 9.52 Å². The Balaban J connectivity index is 1.50. The van der Waals surface area contributed by atoms with Gasteiger partial charge in [-0.1, -0.05) is 48.3 Å². The molecule has 4 rings (SSSR count). The number of aromatic nitrogens is 1. The SMILES string of the molecule is CCNC1CCC=C(c2ccc(Cl)cc2)C1COc1cc(F)c(SNc2nccs2)cc1Cl. The molecule has 0 radical (unpaired) electrons. The summed E-state index contributed by atoms with van der Waals surface area (Å²) >= 11 is 15.1. The van der Waals surface area contributed by atoms with Crippen molar-refractivity contribution < 1.29 is 9.13 Å². The summed E-state index contributed by atoms with van der Waals surface area (Å²) < 4.78 is 23.9. The Hall–Kier alpha value is -1.77. The predicted octanol–water partition coefficient (Wildman–Crippen LogP) is 7.56. The number of thiazole rings is 1. The lowest BCUT2D eigenvalue weighted by Crippen LogP contribution is -2.41. The molecular weight excluding hydrogens is 500 g/mol. The molecule has 9 heteroatoms. The van der Waals surface area contributed by atoms with Gasteiger partial charge in [0, 0.05) is 34.6 Å². The largest absolute Gasteiger partial charge is 0.491 e. The van der Waals surface area contributed by atoms with Gasteiger partial charge < -0.3 is 14.8 Å². The number of nitrogens with one attached hydrogen (secondary N) is 2. The Kier molecular flexibility index (Phi) is 8.55. The van der Waals surface area contributed by atoms with Gasteiger partial charge in [-0.2, -0.15) is 0 Å². The van der Waals surface area contributed by atoms with E-state index >= 15 is 0 Å². The zero-order chi connectivity index (χ0) is 23.2. The summed E-state index contributed by atoms with van der Waals surface area (Å²) in [5.41, 5.74) is 2.33. The normalized spacial score (nSPS) is 18.1. The third-order valence-electron chi connectivity index (χ3n) is 5.46. The number of nitrogens with zero attached hydrogens (tertiary/aromatic N) is 1. The van der Waals surface area contributed by atoms with Crippen molar-refractivity contribution in [2.75, 3.05) is 17.9 Å². The lowest BCUT2D eigenvalue weighted by Gasteiger charge is -2.33. The number of halogens is 3. The smallest absolute Gasteiger partial charge is 0.192 e. The Morgan fingerprint density at radius 3 is 2.79 bits per heavy atom. The molecule has 0 bridgehead atoms. The van der Waals surface area contributed by atoms with E-state index in [0.29, 0.717) is 32.4 Å². The van der Waals surface area contributed by atoms with Gasteiger partial charge in [-0.05, 0) is 60.7 Å². The van der Waals surface area contributed by atoms with Crippen LogP contribution in [0.15, 0.2) is 58.9 Å². The maximum Gasteiger partial charge on any atom is 0.192 e. The van der Waals surface area contributed by atoms with Gasteiger partial charge in [0.1, 0.15) is 11.6 Å². The number of hydrogen-bond donors (Lipinski definition) is 2. The molecule has 0 amide bonds. The molecule has 0 saturated heterocycles. The highest BCUT2D eigenvalue weighted by Crippen LogP contribution is 2.37. The molecule has 0 aliphatic heterocycles. The average molecular weight is 525 g/mol. The van der Waals surface area contributed by atoms with Gasteiger partial charge in [-0.15, -0.1) is 11.3 Å². The summed E-state index contributed by atoms with van der Waals surface area (Å²) in [7, 11) is 0. The lowest BCUT2D eigenvalue weighted by molar-refractivity contribution is 0.236. The van der Waals surface area contributed by atoms with E-state index in [0.717, 1.165) is 36.9 Å². The topological polar surface area (TPSA) is 46.2 Å². The predicted molar refractivity (Wildman–Crippen MR) is 138 cm³/mol. The minimum absolute atomic E-state index is 0.0969. The van der Waals surface area contributed by atoms with Crippen molar-refractivity contribution in [1.82, 2.24) is 10.3 Å². The van der Waals surface area contributed by atoms with Gasteiger partial charge in [0.15, 0.2) is 5.13 Å². The van der Waals surface area contributed by atoms with Crippen LogP contribution in [0.5, 0.6) is 5.75 Å². The number of anilines is 1. The maximum absolute atomic E-state index is 14.7. The molecule has 2 unspecified atom stereocenters. The van der Waals surface area contributed by atoms with Gasteiger partial charge >= 0.3 is 0 Å².